The van der Waals surface area contributed by atoms with Crippen LogP contribution < -0.4 is 10.5 Å². The standard InChI is InChI=1S/C14H10N4OS/c1-19-12-4-2-11(3-5-12)18-13(17)9(7-15)6-10(8-16)14(18)20/h2-6H,17H2,1H3. The average molecular weight is 282 g/mol. The summed E-state index contributed by atoms with van der Waals surface area (Å²) >= 11 is 5.25. The molecule has 0 radical (unpaired) electrons. The van der Waals surface area contributed by atoms with Gasteiger partial charge in [-0.15, -0.1) is 0 Å². The molecule has 0 unspecified atom stereocenters. The van der Waals surface area contributed by atoms with E-state index >= 15 is 0 Å². The van der Waals surface area contributed by atoms with E-state index in [9.17, 15) is 0 Å². The molecule has 0 atom stereocenters. The van der Waals surface area contributed by atoms with Gasteiger partial charge in [0.1, 0.15) is 28.3 Å². The zero-order valence-electron chi connectivity index (χ0n) is 10.6. The van der Waals surface area contributed by atoms with Crippen LogP contribution in [0.25, 0.3) is 5.69 Å². The Balaban J connectivity index is 2.76. The van der Waals surface area contributed by atoms with Crippen LogP contribution in [0.1, 0.15) is 11.1 Å². The molecule has 0 aliphatic heterocycles. The molecule has 98 valence electrons. The van der Waals surface area contributed by atoms with Gasteiger partial charge in [0.05, 0.1) is 18.2 Å². The van der Waals surface area contributed by atoms with E-state index in [2.05, 4.69) is 0 Å². The number of hydrogen-bond donors (Lipinski definition) is 1. The van der Waals surface area contributed by atoms with Gasteiger partial charge in [0.15, 0.2) is 0 Å². The van der Waals surface area contributed by atoms with Gasteiger partial charge in [-0.3, -0.25) is 4.57 Å². The van der Waals surface area contributed by atoms with Crippen molar-refractivity contribution in [1.82, 2.24) is 4.57 Å². The van der Waals surface area contributed by atoms with Crippen LogP contribution in [0.4, 0.5) is 5.82 Å². The van der Waals surface area contributed by atoms with Crippen molar-refractivity contribution in [3.05, 3.63) is 46.1 Å². The van der Waals surface area contributed by atoms with E-state index in [4.69, 9.17) is 33.2 Å². The molecule has 0 spiro atoms. The molecule has 6 heteroatoms. The summed E-state index contributed by atoms with van der Waals surface area (Å²) < 4.78 is 6.86. The quantitative estimate of drug-likeness (QED) is 0.855. The van der Waals surface area contributed by atoms with E-state index in [0.29, 0.717) is 11.4 Å². The summed E-state index contributed by atoms with van der Waals surface area (Å²) in [6, 6.07) is 12.4. The zero-order chi connectivity index (χ0) is 14.7. The first kappa shape index (κ1) is 13.6. The summed E-state index contributed by atoms with van der Waals surface area (Å²) in [6.45, 7) is 0. The number of pyridine rings is 1. The lowest BCUT2D eigenvalue weighted by molar-refractivity contribution is 0.414. The number of aromatic nitrogens is 1. The predicted molar refractivity (Wildman–Crippen MR) is 77.0 cm³/mol. The van der Waals surface area contributed by atoms with Crippen molar-refractivity contribution in [3.63, 3.8) is 0 Å². The SMILES string of the molecule is COc1ccc(-n2c(N)c(C#N)cc(C#N)c2=S)cc1. The number of rotatable bonds is 2. The molecule has 0 amide bonds. The van der Waals surface area contributed by atoms with Crippen LogP contribution in [-0.4, -0.2) is 11.7 Å². The van der Waals surface area contributed by atoms with Gasteiger partial charge in [-0.05, 0) is 30.3 Å². The Bertz CT molecular complexity index is 794. The Hall–Kier alpha value is -2.83. The number of benzene rings is 1. The van der Waals surface area contributed by atoms with Gasteiger partial charge in [-0.2, -0.15) is 10.5 Å². The summed E-state index contributed by atoms with van der Waals surface area (Å²) in [6.07, 6.45) is 0. The molecule has 0 fully saturated rings. The molecular weight excluding hydrogens is 272 g/mol. The number of nitrogen functional groups attached to an aromatic ring is 1. The first-order valence-corrected chi connectivity index (χ1v) is 6.03. The fourth-order valence-corrected chi connectivity index (χ4v) is 2.10. The number of nitrogens with two attached hydrogens (primary N) is 1. The van der Waals surface area contributed by atoms with E-state index in [1.165, 1.54) is 10.6 Å². The zero-order valence-corrected chi connectivity index (χ0v) is 11.4. The van der Waals surface area contributed by atoms with E-state index in [-0.39, 0.29) is 21.6 Å². The second-order valence-electron chi connectivity index (χ2n) is 3.92. The minimum atomic E-state index is 0.210. The van der Waals surface area contributed by atoms with Gasteiger partial charge in [0, 0.05) is 5.69 Å². The van der Waals surface area contributed by atoms with Crippen molar-refractivity contribution in [2.45, 2.75) is 0 Å². The fraction of sp³-hybridized carbons (Fsp3) is 0.0714. The third-order valence-electron chi connectivity index (χ3n) is 2.81. The molecule has 2 rings (SSSR count). The van der Waals surface area contributed by atoms with Crippen LogP contribution in [0.2, 0.25) is 0 Å². The van der Waals surface area contributed by atoms with E-state index in [1.807, 2.05) is 12.1 Å². The largest absolute Gasteiger partial charge is 0.497 e. The monoisotopic (exact) mass is 282 g/mol. The highest BCUT2D eigenvalue weighted by Gasteiger charge is 2.11. The lowest BCUT2D eigenvalue weighted by Gasteiger charge is -2.13. The summed E-state index contributed by atoms with van der Waals surface area (Å²) in [5, 5.41) is 18.2. The number of methoxy groups -OCH3 is 1. The number of anilines is 1. The Kier molecular flexibility index (Phi) is 3.69. The number of ether oxygens (including phenoxy) is 1. The van der Waals surface area contributed by atoms with Crippen LogP contribution in [0.3, 0.4) is 0 Å². The first-order valence-electron chi connectivity index (χ1n) is 5.62. The van der Waals surface area contributed by atoms with Gasteiger partial charge < -0.3 is 10.5 Å². The highest BCUT2D eigenvalue weighted by atomic mass is 32.1. The molecule has 2 aromatic rings. The van der Waals surface area contributed by atoms with Crippen molar-refractivity contribution in [2.24, 2.45) is 0 Å². The second-order valence-corrected chi connectivity index (χ2v) is 4.31. The molecule has 1 aromatic heterocycles. The Morgan fingerprint density at radius 2 is 1.75 bits per heavy atom. The molecule has 0 aliphatic rings. The van der Waals surface area contributed by atoms with Crippen molar-refractivity contribution in [3.8, 4) is 23.6 Å². The molecular formula is C14H10N4OS. The van der Waals surface area contributed by atoms with Crippen LogP contribution in [0.5, 0.6) is 5.75 Å². The van der Waals surface area contributed by atoms with Crippen LogP contribution in [0.15, 0.2) is 30.3 Å². The number of nitriles is 2. The van der Waals surface area contributed by atoms with E-state index < -0.39 is 0 Å². The molecule has 2 N–H and O–H groups in total. The summed E-state index contributed by atoms with van der Waals surface area (Å²) in [5.74, 6) is 0.900. The minimum absolute atomic E-state index is 0.210. The van der Waals surface area contributed by atoms with Crippen molar-refractivity contribution < 1.29 is 4.74 Å². The molecule has 1 heterocycles. The first-order chi connectivity index (χ1) is 9.62. The van der Waals surface area contributed by atoms with Crippen LogP contribution >= 0.6 is 12.2 Å². The maximum Gasteiger partial charge on any atom is 0.130 e. The average Bonchev–Trinajstić information content (AvgIpc) is 2.48. The molecule has 20 heavy (non-hydrogen) atoms. The molecule has 0 saturated carbocycles. The second kappa shape index (κ2) is 5.43. The molecule has 5 nitrogen and oxygen atoms in total. The number of nitrogens with zero attached hydrogens (tertiary/aromatic N) is 3. The Morgan fingerprint density at radius 1 is 1.15 bits per heavy atom. The minimum Gasteiger partial charge on any atom is -0.497 e. The van der Waals surface area contributed by atoms with Gasteiger partial charge in [0.2, 0.25) is 0 Å². The Labute approximate surface area is 121 Å². The van der Waals surface area contributed by atoms with Crippen LogP contribution in [0, 0.1) is 27.3 Å². The maximum atomic E-state index is 9.08. The third-order valence-corrected chi connectivity index (χ3v) is 3.21. The van der Waals surface area contributed by atoms with Gasteiger partial charge in [0.25, 0.3) is 0 Å². The lowest BCUT2D eigenvalue weighted by Crippen LogP contribution is -2.08. The van der Waals surface area contributed by atoms with E-state index in [0.717, 1.165) is 0 Å². The fourth-order valence-electron chi connectivity index (χ4n) is 1.79. The van der Waals surface area contributed by atoms with Gasteiger partial charge in [-0.1, -0.05) is 12.2 Å². The lowest BCUT2D eigenvalue weighted by atomic mass is 10.2. The third kappa shape index (κ3) is 2.20. The van der Waals surface area contributed by atoms with Gasteiger partial charge in [-0.25, -0.2) is 0 Å². The van der Waals surface area contributed by atoms with Gasteiger partial charge >= 0.3 is 0 Å². The topological polar surface area (TPSA) is 87.8 Å². The summed E-state index contributed by atoms with van der Waals surface area (Å²) in [7, 11) is 1.57. The molecule has 0 bridgehead atoms. The predicted octanol–water partition coefficient (Wildman–Crippen LogP) is 2.54. The molecule has 1 aromatic carbocycles. The Morgan fingerprint density at radius 3 is 2.25 bits per heavy atom. The maximum absolute atomic E-state index is 9.08. The molecule has 0 saturated heterocycles. The highest BCUT2D eigenvalue weighted by Crippen LogP contribution is 2.23. The van der Waals surface area contributed by atoms with E-state index in [1.54, 1.807) is 31.4 Å². The number of hydrogen-bond acceptors (Lipinski definition) is 5. The smallest absolute Gasteiger partial charge is 0.130 e. The van der Waals surface area contributed by atoms with Crippen molar-refractivity contribution in [1.29, 1.82) is 10.5 Å². The van der Waals surface area contributed by atoms with Crippen molar-refractivity contribution >= 4 is 18.0 Å². The summed E-state index contributed by atoms with van der Waals surface area (Å²) in [4.78, 5) is 0. The van der Waals surface area contributed by atoms with Crippen LogP contribution in [-0.2, 0) is 0 Å². The molecule has 0 aliphatic carbocycles. The summed E-state index contributed by atoms with van der Waals surface area (Å²) in [5.41, 5.74) is 7.07. The highest BCUT2D eigenvalue weighted by molar-refractivity contribution is 7.71. The normalized spacial score (nSPS) is 9.55. The van der Waals surface area contributed by atoms with Crippen molar-refractivity contribution in [2.75, 3.05) is 12.8 Å².